The van der Waals surface area contributed by atoms with E-state index in [-0.39, 0.29) is 11.7 Å². The maximum Gasteiger partial charge on any atom is 0.255 e. The zero-order valence-corrected chi connectivity index (χ0v) is 21.8. The van der Waals surface area contributed by atoms with Crippen LogP contribution in [-0.4, -0.2) is 18.3 Å². The first-order valence-corrected chi connectivity index (χ1v) is 13.0. The molecule has 1 N–H and O–H groups in total. The molecule has 1 amide bonds. The van der Waals surface area contributed by atoms with E-state index < -0.39 is 0 Å². The third-order valence-corrected chi connectivity index (χ3v) is 6.89. The molecule has 4 aromatic rings. The fraction of sp³-hybridized carbons (Fsp3) is 0.103. The summed E-state index contributed by atoms with van der Waals surface area (Å²) in [5.74, 6) is 0.777. The van der Waals surface area contributed by atoms with E-state index >= 15 is 0 Å². The van der Waals surface area contributed by atoms with Crippen molar-refractivity contribution in [2.24, 2.45) is 0 Å². The maximum atomic E-state index is 13.2. The number of ketones is 1. The molecular formula is C29H23Cl2NO3S. The normalized spacial score (nSPS) is 10.6. The van der Waals surface area contributed by atoms with Gasteiger partial charge in [0.1, 0.15) is 5.75 Å². The number of benzene rings is 4. The highest BCUT2D eigenvalue weighted by Gasteiger charge is 2.18. The van der Waals surface area contributed by atoms with Gasteiger partial charge >= 0.3 is 0 Å². The van der Waals surface area contributed by atoms with Crippen molar-refractivity contribution in [3.8, 4) is 5.75 Å². The fourth-order valence-electron chi connectivity index (χ4n) is 3.57. The van der Waals surface area contributed by atoms with Crippen LogP contribution in [0.1, 0.15) is 38.8 Å². The molecule has 36 heavy (non-hydrogen) atoms. The summed E-state index contributed by atoms with van der Waals surface area (Å²) in [4.78, 5) is 27.4. The molecular weight excluding hydrogens is 513 g/mol. The number of thioether (sulfide) groups is 1. The Morgan fingerprint density at radius 1 is 0.833 bits per heavy atom. The molecule has 0 unspecified atom stereocenters. The Bertz CT molecular complexity index is 1380. The number of hydrogen-bond donors (Lipinski definition) is 1. The number of nitrogens with one attached hydrogen (secondary N) is 1. The highest BCUT2D eigenvalue weighted by Crippen LogP contribution is 2.30. The van der Waals surface area contributed by atoms with Crippen LogP contribution in [0.2, 0.25) is 10.0 Å². The summed E-state index contributed by atoms with van der Waals surface area (Å²) in [5.41, 5.74) is 2.58. The summed E-state index contributed by atoms with van der Waals surface area (Å²) in [6.45, 7) is 2.43. The molecule has 7 heteroatoms. The first kappa shape index (κ1) is 25.8. The van der Waals surface area contributed by atoms with Crippen LogP contribution in [0.5, 0.6) is 5.75 Å². The lowest BCUT2D eigenvalue weighted by molar-refractivity contribution is 0.102. The molecule has 4 rings (SSSR count). The second-order valence-corrected chi connectivity index (χ2v) is 9.76. The molecule has 0 fully saturated rings. The van der Waals surface area contributed by atoms with E-state index in [9.17, 15) is 9.59 Å². The zero-order valence-electron chi connectivity index (χ0n) is 19.5. The summed E-state index contributed by atoms with van der Waals surface area (Å²) >= 11 is 13.8. The zero-order chi connectivity index (χ0) is 25.5. The Morgan fingerprint density at radius 2 is 1.56 bits per heavy atom. The van der Waals surface area contributed by atoms with Crippen LogP contribution < -0.4 is 10.1 Å². The van der Waals surface area contributed by atoms with E-state index in [0.29, 0.717) is 44.8 Å². The number of hydrogen-bond acceptors (Lipinski definition) is 4. The van der Waals surface area contributed by atoms with Crippen molar-refractivity contribution in [2.45, 2.75) is 17.6 Å². The lowest BCUT2D eigenvalue weighted by atomic mass is 10.0. The van der Waals surface area contributed by atoms with E-state index in [1.165, 1.54) is 0 Å². The lowest BCUT2D eigenvalue weighted by Crippen LogP contribution is -2.15. The Balaban J connectivity index is 1.58. The van der Waals surface area contributed by atoms with Crippen molar-refractivity contribution in [1.82, 2.24) is 0 Å². The van der Waals surface area contributed by atoms with Gasteiger partial charge in [0.05, 0.1) is 12.3 Å². The number of amides is 1. The average molecular weight is 536 g/mol. The topological polar surface area (TPSA) is 55.4 Å². The first-order chi connectivity index (χ1) is 17.4. The molecule has 0 spiro atoms. The minimum Gasteiger partial charge on any atom is -0.494 e. The van der Waals surface area contributed by atoms with Gasteiger partial charge in [-0.25, -0.2) is 0 Å². The van der Waals surface area contributed by atoms with Crippen LogP contribution in [0, 0.1) is 0 Å². The van der Waals surface area contributed by atoms with Crippen molar-refractivity contribution in [1.29, 1.82) is 0 Å². The van der Waals surface area contributed by atoms with Crippen LogP contribution >= 0.6 is 35.0 Å². The van der Waals surface area contributed by atoms with Gasteiger partial charge in [-0.1, -0.05) is 53.5 Å². The number of carbonyl (C=O) groups is 2. The summed E-state index contributed by atoms with van der Waals surface area (Å²) in [7, 11) is 0. The largest absolute Gasteiger partial charge is 0.494 e. The quantitative estimate of drug-likeness (QED) is 0.173. The molecule has 0 heterocycles. The van der Waals surface area contributed by atoms with E-state index in [4.69, 9.17) is 27.9 Å². The molecule has 0 aliphatic rings. The van der Waals surface area contributed by atoms with Crippen LogP contribution in [-0.2, 0) is 5.75 Å². The van der Waals surface area contributed by atoms with Gasteiger partial charge in [0.15, 0.2) is 5.78 Å². The molecule has 4 nitrogen and oxygen atoms in total. The van der Waals surface area contributed by atoms with E-state index in [0.717, 1.165) is 16.2 Å². The van der Waals surface area contributed by atoms with Gasteiger partial charge in [-0.3, -0.25) is 9.59 Å². The summed E-state index contributed by atoms with van der Waals surface area (Å²) in [6, 6.07) is 26.7. The number of halogens is 2. The van der Waals surface area contributed by atoms with Gasteiger partial charge in [-0.15, -0.1) is 11.8 Å². The molecule has 0 bridgehead atoms. The highest BCUT2D eigenvalue weighted by molar-refractivity contribution is 7.98. The monoisotopic (exact) mass is 535 g/mol. The molecule has 0 aliphatic heterocycles. The number of rotatable bonds is 9. The second-order valence-electron chi connectivity index (χ2n) is 7.84. The van der Waals surface area contributed by atoms with E-state index in [1.54, 1.807) is 66.4 Å². The van der Waals surface area contributed by atoms with Crippen molar-refractivity contribution in [3.05, 3.63) is 123 Å². The van der Waals surface area contributed by atoms with Crippen molar-refractivity contribution >= 4 is 52.3 Å². The third kappa shape index (κ3) is 6.49. The highest BCUT2D eigenvalue weighted by atomic mass is 35.5. The van der Waals surface area contributed by atoms with Gasteiger partial charge in [0.2, 0.25) is 0 Å². The molecule has 4 aromatic carbocycles. The van der Waals surface area contributed by atoms with Gasteiger partial charge in [0.25, 0.3) is 5.91 Å². The van der Waals surface area contributed by atoms with Crippen LogP contribution in [0.25, 0.3) is 0 Å². The van der Waals surface area contributed by atoms with Gasteiger partial charge in [0, 0.05) is 42.9 Å². The van der Waals surface area contributed by atoms with Crippen LogP contribution in [0.4, 0.5) is 5.69 Å². The average Bonchev–Trinajstić information content (AvgIpc) is 2.90. The molecule has 0 radical (unpaired) electrons. The number of carbonyl (C=O) groups excluding carboxylic acids is 2. The third-order valence-electron chi connectivity index (χ3n) is 5.34. The predicted octanol–water partition coefficient (Wildman–Crippen LogP) is 8.17. The van der Waals surface area contributed by atoms with Gasteiger partial charge < -0.3 is 10.1 Å². The Labute approximate surface area is 224 Å². The standard InChI is InChI=1S/C29H23Cl2NO3S/c1-2-35-27-15-8-20(16-21(27)18-36-24-12-9-22(30)10-13-24)29(34)32-26-14-11-23(31)17-25(26)28(33)19-6-4-3-5-7-19/h3-17H,2,18H2,1H3,(H,32,34). The van der Waals surface area contributed by atoms with E-state index in [1.807, 2.05) is 43.3 Å². The van der Waals surface area contributed by atoms with Crippen molar-refractivity contribution < 1.29 is 14.3 Å². The minimum atomic E-state index is -0.333. The summed E-state index contributed by atoms with van der Waals surface area (Å²) in [6.07, 6.45) is 0. The van der Waals surface area contributed by atoms with E-state index in [2.05, 4.69) is 5.32 Å². The van der Waals surface area contributed by atoms with Crippen molar-refractivity contribution in [2.75, 3.05) is 11.9 Å². The van der Waals surface area contributed by atoms with Crippen molar-refractivity contribution in [3.63, 3.8) is 0 Å². The molecule has 182 valence electrons. The minimum absolute atomic E-state index is 0.222. The fourth-order valence-corrected chi connectivity index (χ4v) is 4.75. The lowest BCUT2D eigenvalue weighted by Gasteiger charge is -2.14. The maximum absolute atomic E-state index is 13.2. The molecule has 0 saturated heterocycles. The summed E-state index contributed by atoms with van der Waals surface area (Å²) < 4.78 is 5.78. The smallest absolute Gasteiger partial charge is 0.255 e. The molecule has 0 saturated carbocycles. The SMILES string of the molecule is CCOc1ccc(C(=O)Nc2ccc(Cl)cc2C(=O)c2ccccc2)cc1CSc1ccc(Cl)cc1. The Morgan fingerprint density at radius 3 is 2.28 bits per heavy atom. The Kier molecular flexibility index (Phi) is 8.70. The molecule has 0 aliphatic carbocycles. The van der Waals surface area contributed by atoms with Crippen LogP contribution in [0.15, 0.2) is 95.9 Å². The number of anilines is 1. The number of ether oxygens (including phenoxy) is 1. The second kappa shape index (κ2) is 12.1. The Hall–Kier alpha value is -3.25. The molecule has 0 atom stereocenters. The van der Waals surface area contributed by atoms with Gasteiger partial charge in [-0.05, 0) is 67.6 Å². The molecule has 0 aromatic heterocycles. The van der Waals surface area contributed by atoms with Gasteiger partial charge in [-0.2, -0.15) is 0 Å². The first-order valence-electron chi connectivity index (χ1n) is 11.3. The summed E-state index contributed by atoms with van der Waals surface area (Å²) in [5, 5.41) is 3.98. The predicted molar refractivity (Wildman–Crippen MR) is 148 cm³/mol. The van der Waals surface area contributed by atoms with Crippen LogP contribution in [0.3, 0.4) is 0 Å².